The maximum Gasteiger partial charge on any atom is 0.308 e. The van der Waals surface area contributed by atoms with Crippen LogP contribution in [0.4, 0.5) is 11.4 Å². The number of anilines is 2. The molecule has 4 atom stereocenters. The minimum Gasteiger partial charge on any atom is -0.427 e. The SMILES string of the molecule is CC(=O)Oc1ccc(N2C(=O)[C@@H]3[C@H](CCC(N)=O)N[C@@]4(C(=O)Nc5c4ccc(Cl)c5C)[C@H]3C2=O)cc1. The van der Waals surface area contributed by atoms with E-state index in [0.29, 0.717) is 21.8 Å². The number of halogens is 1. The molecule has 1 spiro atoms. The van der Waals surface area contributed by atoms with Gasteiger partial charge in [0.1, 0.15) is 11.3 Å². The molecule has 2 saturated heterocycles. The number of carbonyl (C=O) groups is 5. The molecule has 3 aliphatic rings. The summed E-state index contributed by atoms with van der Waals surface area (Å²) in [6.45, 7) is 3.02. The summed E-state index contributed by atoms with van der Waals surface area (Å²) < 4.78 is 5.04. The summed E-state index contributed by atoms with van der Waals surface area (Å²) in [6, 6.07) is 8.63. The third-order valence-electron chi connectivity index (χ3n) is 7.14. The number of carbonyl (C=O) groups excluding carboxylic acids is 5. The normalized spacial score (nSPS) is 26.2. The number of esters is 1. The van der Waals surface area contributed by atoms with Crippen molar-refractivity contribution in [2.24, 2.45) is 17.6 Å². The number of hydrogen-bond donors (Lipinski definition) is 3. The molecule has 3 heterocycles. The first-order valence-electron chi connectivity index (χ1n) is 11.4. The fraction of sp³-hybridized carbons (Fsp3) is 0.320. The van der Waals surface area contributed by atoms with Crippen LogP contribution in [-0.4, -0.2) is 35.6 Å². The summed E-state index contributed by atoms with van der Waals surface area (Å²) in [5, 5.41) is 6.55. The summed E-state index contributed by atoms with van der Waals surface area (Å²) in [7, 11) is 0. The van der Waals surface area contributed by atoms with Gasteiger partial charge in [-0.05, 0) is 49.2 Å². The molecule has 0 saturated carbocycles. The molecule has 11 heteroatoms. The number of nitrogens with two attached hydrogens (primary N) is 1. The maximum atomic E-state index is 13.9. The average Bonchev–Trinajstić information content (AvgIpc) is 3.40. The monoisotopic (exact) mass is 510 g/mol. The molecule has 0 bridgehead atoms. The van der Waals surface area contributed by atoms with Gasteiger partial charge in [-0.15, -0.1) is 0 Å². The number of primary amides is 1. The van der Waals surface area contributed by atoms with Crippen molar-refractivity contribution in [2.75, 3.05) is 10.2 Å². The molecule has 0 unspecified atom stereocenters. The van der Waals surface area contributed by atoms with Gasteiger partial charge in [0.2, 0.25) is 23.6 Å². The van der Waals surface area contributed by atoms with Crippen LogP contribution < -0.4 is 26.0 Å². The second-order valence-electron chi connectivity index (χ2n) is 9.22. The Morgan fingerprint density at radius 1 is 1.11 bits per heavy atom. The minimum atomic E-state index is -1.52. The summed E-state index contributed by atoms with van der Waals surface area (Å²) in [5.41, 5.74) is 5.80. The molecule has 3 aliphatic heterocycles. The summed E-state index contributed by atoms with van der Waals surface area (Å²) in [4.78, 5) is 65.0. The molecule has 10 nitrogen and oxygen atoms in total. The van der Waals surface area contributed by atoms with E-state index in [9.17, 15) is 24.0 Å². The third-order valence-corrected chi connectivity index (χ3v) is 7.55. The number of nitrogens with zero attached hydrogens (tertiary/aromatic N) is 1. The lowest BCUT2D eigenvalue weighted by Crippen LogP contribution is -2.53. The lowest BCUT2D eigenvalue weighted by atomic mass is 9.76. The van der Waals surface area contributed by atoms with Crippen LogP contribution in [0, 0.1) is 18.8 Å². The second kappa shape index (κ2) is 8.42. The highest BCUT2D eigenvalue weighted by atomic mass is 35.5. The Morgan fingerprint density at radius 2 is 1.81 bits per heavy atom. The van der Waals surface area contributed by atoms with Gasteiger partial charge >= 0.3 is 5.97 Å². The van der Waals surface area contributed by atoms with Gasteiger partial charge in [-0.3, -0.25) is 29.3 Å². The molecule has 186 valence electrons. The highest BCUT2D eigenvalue weighted by Gasteiger charge is 2.70. The van der Waals surface area contributed by atoms with Crippen LogP contribution >= 0.6 is 11.6 Å². The van der Waals surface area contributed by atoms with Gasteiger partial charge in [0.05, 0.1) is 23.2 Å². The highest BCUT2D eigenvalue weighted by Crippen LogP contribution is 2.55. The quantitative estimate of drug-likeness (QED) is 0.315. The second-order valence-corrected chi connectivity index (χ2v) is 9.62. The highest BCUT2D eigenvalue weighted by molar-refractivity contribution is 6.32. The molecule has 4 N–H and O–H groups in total. The Morgan fingerprint density at radius 3 is 2.44 bits per heavy atom. The van der Waals surface area contributed by atoms with Crippen molar-refractivity contribution in [3.8, 4) is 5.75 Å². The zero-order valence-corrected chi connectivity index (χ0v) is 20.2. The Kier molecular flexibility index (Phi) is 5.60. The van der Waals surface area contributed by atoms with E-state index < -0.39 is 53.0 Å². The van der Waals surface area contributed by atoms with E-state index in [1.165, 1.54) is 31.2 Å². The Bertz CT molecular complexity index is 1340. The van der Waals surface area contributed by atoms with Crippen molar-refractivity contribution in [3.05, 3.63) is 52.5 Å². The molecule has 4 amide bonds. The lowest BCUT2D eigenvalue weighted by molar-refractivity contribution is -0.132. The molecule has 36 heavy (non-hydrogen) atoms. The number of rotatable bonds is 5. The van der Waals surface area contributed by atoms with Crippen LogP contribution in [0.15, 0.2) is 36.4 Å². The smallest absolute Gasteiger partial charge is 0.308 e. The fourth-order valence-corrected chi connectivity index (χ4v) is 5.78. The third kappa shape index (κ3) is 3.40. The summed E-state index contributed by atoms with van der Waals surface area (Å²) in [5.74, 6) is -4.26. The predicted octanol–water partition coefficient (Wildman–Crippen LogP) is 1.76. The lowest BCUT2D eigenvalue weighted by Gasteiger charge is -2.29. The van der Waals surface area contributed by atoms with Crippen LogP contribution in [0.5, 0.6) is 5.75 Å². The van der Waals surface area contributed by atoms with E-state index in [2.05, 4.69) is 10.6 Å². The first kappa shape index (κ1) is 24.0. The fourth-order valence-electron chi connectivity index (χ4n) is 5.62. The first-order chi connectivity index (χ1) is 17.1. The number of imide groups is 1. The van der Waals surface area contributed by atoms with E-state index in [4.69, 9.17) is 22.1 Å². The standard InChI is InChI=1S/C25H23ClN4O6/c1-11-16(26)8-7-15-21(11)28-24(35)25(15)20-19(17(29-25)9-10-18(27)32)22(33)30(23(20)34)13-3-5-14(6-4-13)36-12(2)31/h3-8,17,19-20,29H,9-10H2,1-2H3,(H2,27,32)(H,28,35)/t17-,19+,20+,25+/m0/s1. The predicted molar refractivity (Wildman–Crippen MR) is 129 cm³/mol. The van der Waals surface area contributed by atoms with E-state index in [-0.39, 0.29) is 24.3 Å². The van der Waals surface area contributed by atoms with Crippen LogP contribution in [0.2, 0.25) is 5.02 Å². The first-order valence-corrected chi connectivity index (χ1v) is 11.8. The van der Waals surface area contributed by atoms with Gasteiger partial charge < -0.3 is 15.8 Å². The molecular formula is C25H23ClN4O6. The van der Waals surface area contributed by atoms with Crippen molar-refractivity contribution in [3.63, 3.8) is 0 Å². The Labute approximate surface area is 211 Å². The van der Waals surface area contributed by atoms with Crippen LogP contribution in [0.3, 0.4) is 0 Å². The number of fused-ring (bicyclic) bond motifs is 4. The Hall–Kier alpha value is -3.76. The van der Waals surface area contributed by atoms with E-state index in [1.54, 1.807) is 19.1 Å². The minimum absolute atomic E-state index is 0.0242. The summed E-state index contributed by atoms with van der Waals surface area (Å²) >= 11 is 6.28. The maximum absolute atomic E-state index is 13.9. The number of hydrogen-bond acceptors (Lipinski definition) is 7. The molecule has 0 radical (unpaired) electrons. The van der Waals surface area contributed by atoms with E-state index >= 15 is 0 Å². The number of amides is 4. The largest absolute Gasteiger partial charge is 0.427 e. The van der Waals surface area contributed by atoms with Crippen molar-refractivity contribution in [1.82, 2.24) is 5.32 Å². The average molecular weight is 511 g/mol. The van der Waals surface area contributed by atoms with Gasteiger partial charge in [0, 0.05) is 30.0 Å². The van der Waals surface area contributed by atoms with Gasteiger partial charge in [-0.2, -0.15) is 0 Å². The molecule has 2 fully saturated rings. The molecule has 2 aromatic rings. The number of ether oxygens (including phenoxy) is 1. The molecule has 5 rings (SSSR count). The molecule has 2 aromatic carbocycles. The van der Waals surface area contributed by atoms with Gasteiger partial charge in [0.15, 0.2) is 0 Å². The topological polar surface area (TPSA) is 148 Å². The van der Waals surface area contributed by atoms with Gasteiger partial charge in [-0.1, -0.05) is 17.7 Å². The molecule has 0 aromatic heterocycles. The number of nitrogens with one attached hydrogen (secondary N) is 2. The van der Waals surface area contributed by atoms with Crippen molar-refractivity contribution < 1.29 is 28.7 Å². The van der Waals surface area contributed by atoms with Crippen molar-refractivity contribution >= 4 is 52.6 Å². The van der Waals surface area contributed by atoms with Crippen molar-refractivity contribution in [1.29, 1.82) is 0 Å². The van der Waals surface area contributed by atoms with E-state index in [1.807, 2.05) is 0 Å². The molecular weight excluding hydrogens is 488 g/mol. The molecule has 0 aliphatic carbocycles. The zero-order chi connectivity index (χ0) is 25.9. The van der Waals surface area contributed by atoms with Crippen molar-refractivity contribution in [2.45, 2.75) is 38.3 Å². The van der Waals surface area contributed by atoms with Crippen LogP contribution in [0.1, 0.15) is 30.9 Å². The van der Waals surface area contributed by atoms with Gasteiger partial charge in [-0.25, -0.2) is 4.90 Å². The zero-order valence-electron chi connectivity index (χ0n) is 19.5. The van der Waals surface area contributed by atoms with Crippen LogP contribution in [0.25, 0.3) is 0 Å². The van der Waals surface area contributed by atoms with Crippen LogP contribution in [-0.2, 0) is 29.5 Å². The number of benzene rings is 2. The summed E-state index contributed by atoms with van der Waals surface area (Å²) in [6.07, 6.45) is 0.148. The Balaban J connectivity index is 1.60. The van der Waals surface area contributed by atoms with E-state index in [0.717, 1.165) is 4.90 Å². The van der Waals surface area contributed by atoms with Gasteiger partial charge in [0.25, 0.3) is 0 Å².